The maximum atomic E-state index is 12.9. The van der Waals surface area contributed by atoms with E-state index in [2.05, 4.69) is 15.9 Å². The van der Waals surface area contributed by atoms with E-state index in [1.165, 1.54) is 6.07 Å². The Bertz CT molecular complexity index is 341. The maximum Gasteiger partial charge on any atom is 0.137 e. The third-order valence-electron chi connectivity index (χ3n) is 1.97. The quantitative estimate of drug-likeness (QED) is 0.882. The summed E-state index contributed by atoms with van der Waals surface area (Å²) in [6.45, 7) is 2.02. The number of rotatable bonds is 3. The Hall–Kier alpha value is -0.670. The minimum absolute atomic E-state index is 0.0471. The first kappa shape index (κ1) is 11.4. The topological polar surface area (TPSA) is 20.2 Å². The second-order valence-corrected chi connectivity index (χ2v) is 3.84. The van der Waals surface area contributed by atoms with E-state index in [9.17, 15) is 4.39 Å². The van der Waals surface area contributed by atoms with Crippen LogP contribution in [0.3, 0.4) is 0 Å². The lowest BCUT2D eigenvalue weighted by Crippen LogP contribution is -1.88. The van der Waals surface area contributed by atoms with Gasteiger partial charge in [-0.2, -0.15) is 0 Å². The Kier molecular flexibility index (Phi) is 4.29. The fraction of sp³-hybridized carbons (Fsp3) is 0.273. The third kappa shape index (κ3) is 2.93. The zero-order valence-electron chi connectivity index (χ0n) is 7.93. The van der Waals surface area contributed by atoms with Gasteiger partial charge in [0.2, 0.25) is 0 Å². The molecule has 0 unspecified atom stereocenters. The van der Waals surface area contributed by atoms with Gasteiger partial charge in [-0.15, -0.1) is 0 Å². The van der Waals surface area contributed by atoms with Gasteiger partial charge in [-0.25, -0.2) is 4.39 Å². The zero-order chi connectivity index (χ0) is 10.6. The molecule has 0 aliphatic heterocycles. The van der Waals surface area contributed by atoms with Gasteiger partial charge in [0, 0.05) is 0 Å². The molecule has 0 bridgehead atoms. The van der Waals surface area contributed by atoms with Crippen molar-refractivity contribution in [2.24, 2.45) is 0 Å². The highest BCUT2D eigenvalue weighted by molar-refractivity contribution is 9.10. The van der Waals surface area contributed by atoms with Crippen molar-refractivity contribution >= 4 is 22.0 Å². The summed E-state index contributed by atoms with van der Waals surface area (Å²) in [5, 5.41) is 8.96. The molecule has 0 saturated heterocycles. The molecule has 0 heterocycles. The number of hydrogen-bond acceptors (Lipinski definition) is 1. The predicted octanol–water partition coefficient (Wildman–Crippen LogP) is 3.37. The fourth-order valence-electron chi connectivity index (χ4n) is 1.10. The Morgan fingerprint density at radius 3 is 2.79 bits per heavy atom. The number of aliphatic hydroxyl groups excluding tert-OH is 1. The Balaban J connectivity index is 2.97. The summed E-state index contributed by atoms with van der Waals surface area (Å²) in [7, 11) is 0. The smallest absolute Gasteiger partial charge is 0.137 e. The van der Waals surface area contributed by atoms with Crippen LogP contribution in [0.2, 0.25) is 0 Å². The second-order valence-electron chi connectivity index (χ2n) is 2.99. The van der Waals surface area contributed by atoms with Crippen LogP contribution in [0.4, 0.5) is 4.39 Å². The first-order valence-corrected chi connectivity index (χ1v) is 5.22. The van der Waals surface area contributed by atoms with Crippen LogP contribution in [0, 0.1) is 5.82 Å². The van der Waals surface area contributed by atoms with Crippen LogP contribution >= 0.6 is 15.9 Å². The van der Waals surface area contributed by atoms with Gasteiger partial charge in [0.1, 0.15) is 5.82 Å². The van der Waals surface area contributed by atoms with Crippen LogP contribution in [0.25, 0.3) is 6.08 Å². The van der Waals surface area contributed by atoms with Crippen LogP contribution in [0.5, 0.6) is 0 Å². The number of aliphatic hydroxyl groups is 1. The number of benzene rings is 1. The molecule has 1 rings (SSSR count). The largest absolute Gasteiger partial charge is 0.392 e. The lowest BCUT2D eigenvalue weighted by molar-refractivity contribution is 0.329. The molecule has 14 heavy (non-hydrogen) atoms. The fourth-order valence-corrected chi connectivity index (χ4v) is 1.49. The van der Waals surface area contributed by atoms with E-state index in [0.29, 0.717) is 4.47 Å². The van der Waals surface area contributed by atoms with Crippen LogP contribution in [0.15, 0.2) is 28.2 Å². The summed E-state index contributed by atoms with van der Waals surface area (Å²) in [5.41, 5.74) is 1.83. The van der Waals surface area contributed by atoms with Crippen molar-refractivity contribution in [3.63, 3.8) is 0 Å². The molecule has 1 aromatic rings. The van der Waals surface area contributed by atoms with Crippen molar-refractivity contribution in [1.29, 1.82) is 0 Å². The molecule has 1 aromatic carbocycles. The number of hydrogen-bond donors (Lipinski definition) is 1. The van der Waals surface area contributed by atoms with Crippen LogP contribution in [-0.2, 0) is 0 Å². The molecule has 0 fully saturated rings. The van der Waals surface area contributed by atoms with Gasteiger partial charge in [0.05, 0.1) is 11.1 Å². The van der Waals surface area contributed by atoms with Crippen molar-refractivity contribution in [2.75, 3.05) is 6.61 Å². The minimum Gasteiger partial charge on any atom is -0.392 e. The third-order valence-corrected chi connectivity index (χ3v) is 2.58. The second kappa shape index (κ2) is 5.27. The van der Waals surface area contributed by atoms with Gasteiger partial charge in [-0.05, 0) is 45.6 Å². The number of halogens is 2. The molecule has 0 spiro atoms. The lowest BCUT2D eigenvalue weighted by atomic mass is 10.1. The van der Waals surface area contributed by atoms with E-state index in [-0.39, 0.29) is 12.4 Å². The van der Waals surface area contributed by atoms with Gasteiger partial charge in [-0.3, -0.25) is 0 Å². The summed E-state index contributed by atoms with van der Waals surface area (Å²) >= 11 is 3.11. The molecular weight excluding hydrogens is 247 g/mol. The molecule has 1 N–H and O–H groups in total. The SMILES string of the molecule is CC/C(=C/c1ccc(F)c(Br)c1)CO. The van der Waals surface area contributed by atoms with E-state index in [1.54, 1.807) is 12.1 Å². The van der Waals surface area contributed by atoms with E-state index >= 15 is 0 Å². The summed E-state index contributed by atoms with van der Waals surface area (Å²) in [5.74, 6) is -0.274. The summed E-state index contributed by atoms with van der Waals surface area (Å²) in [6, 6.07) is 4.78. The van der Waals surface area contributed by atoms with E-state index in [4.69, 9.17) is 5.11 Å². The monoisotopic (exact) mass is 258 g/mol. The van der Waals surface area contributed by atoms with Gasteiger partial charge in [0.25, 0.3) is 0 Å². The molecule has 0 aliphatic rings. The van der Waals surface area contributed by atoms with Gasteiger partial charge < -0.3 is 5.11 Å². The van der Waals surface area contributed by atoms with Gasteiger partial charge in [0.15, 0.2) is 0 Å². The van der Waals surface area contributed by atoms with Crippen molar-refractivity contribution in [2.45, 2.75) is 13.3 Å². The van der Waals surface area contributed by atoms with Crippen molar-refractivity contribution in [3.05, 3.63) is 39.6 Å². The molecule has 76 valence electrons. The molecule has 0 aliphatic carbocycles. The van der Waals surface area contributed by atoms with Crippen LogP contribution in [-0.4, -0.2) is 11.7 Å². The Morgan fingerprint density at radius 1 is 1.57 bits per heavy atom. The normalized spacial score (nSPS) is 11.9. The van der Waals surface area contributed by atoms with Crippen LogP contribution in [0.1, 0.15) is 18.9 Å². The average molecular weight is 259 g/mol. The zero-order valence-corrected chi connectivity index (χ0v) is 9.51. The molecule has 1 nitrogen and oxygen atoms in total. The van der Waals surface area contributed by atoms with Crippen molar-refractivity contribution < 1.29 is 9.50 Å². The van der Waals surface area contributed by atoms with Crippen molar-refractivity contribution in [1.82, 2.24) is 0 Å². The molecule has 3 heteroatoms. The average Bonchev–Trinajstić information content (AvgIpc) is 2.19. The van der Waals surface area contributed by atoms with Gasteiger partial charge >= 0.3 is 0 Å². The molecule has 0 radical (unpaired) electrons. The minimum atomic E-state index is -0.274. The summed E-state index contributed by atoms with van der Waals surface area (Å²) in [4.78, 5) is 0. The highest BCUT2D eigenvalue weighted by Crippen LogP contribution is 2.19. The first-order chi connectivity index (χ1) is 6.67. The standard InChI is InChI=1S/C11H12BrFO/c1-2-8(7-14)5-9-3-4-11(13)10(12)6-9/h3-6,14H,2,7H2,1H3/b8-5-. The Morgan fingerprint density at radius 2 is 2.29 bits per heavy atom. The molecule has 0 saturated carbocycles. The molecule has 0 aromatic heterocycles. The van der Waals surface area contributed by atoms with E-state index in [0.717, 1.165) is 17.6 Å². The van der Waals surface area contributed by atoms with Crippen LogP contribution < -0.4 is 0 Å². The first-order valence-electron chi connectivity index (χ1n) is 4.42. The van der Waals surface area contributed by atoms with E-state index < -0.39 is 0 Å². The van der Waals surface area contributed by atoms with Gasteiger partial charge in [-0.1, -0.05) is 19.1 Å². The highest BCUT2D eigenvalue weighted by atomic mass is 79.9. The molecular formula is C11H12BrFO. The van der Waals surface area contributed by atoms with Crippen molar-refractivity contribution in [3.8, 4) is 0 Å². The molecule has 0 atom stereocenters. The van der Waals surface area contributed by atoms with E-state index in [1.807, 2.05) is 13.0 Å². The maximum absolute atomic E-state index is 12.9. The Labute approximate surface area is 91.4 Å². The summed E-state index contributed by atoms with van der Waals surface area (Å²) < 4.78 is 13.3. The lowest BCUT2D eigenvalue weighted by Gasteiger charge is -2.01. The predicted molar refractivity (Wildman–Crippen MR) is 59.5 cm³/mol. The molecule has 0 amide bonds. The summed E-state index contributed by atoms with van der Waals surface area (Å²) in [6.07, 6.45) is 2.66. The highest BCUT2D eigenvalue weighted by Gasteiger charge is 1.99.